The van der Waals surface area contributed by atoms with E-state index < -0.39 is 0 Å². The Kier molecular flexibility index (Phi) is 3.62. The van der Waals surface area contributed by atoms with Gasteiger partial charge in [-0.25, -0.2) is 0 Å². The predicted molar refractivity (Wildman–Crippen MR) is 66.3 cm³/mol. The minimum Gasteiger partial charge on any atom is -0.391 e. The van der Waals surface area contributed by atoms with E-state index >= 15 is 0 Å². The van der Waals surface area contributed by atoms with E-state index in [0.717, 1.165) is 25.8 Å². The summed E-state index contributed by atoms with van der Waals surface area (Å²) in [6, 6.07) is 8.95. The van der Waals surface area contributed by atoms with Gasteiger partial charge in [-0.1, -0.05) is 29.8 Å². The minimum absolute atomic E-state index is 0.130. The average molecular weight is 219 g/mol. The summed E-state index contributed by atoms with van der Waals surface area (Å²) in [5.74, 6) is 0. The van der Waals surface area contributed by atoms with Gasteiger partial charge in [-0.15, -0.1) is 0 Å². The van der Waals surface area contributed by atoms with Gasteiger partial charge in [0.25, 0.3) is 0 Å². The number of hydrogen-bond donors (Lipinski definition) is 1. The highest BCUT2D eigenvalue weighted by Gasteiger charge is 2.28. The van der Waals surface area contributed by atoms with Crippen LogP contribution in [0.25, 0.3) is 0 Å². The molecule has 0 bridgehead atoms. The van der Waals surface area contributed by atoms with Crippen molar-refractivity contribution >= 4 is 0 Å². The van der Waals surface area contributed by atoms with Gasteiger partial charge in [-0.2, -0.15) is 0 Å². The second-order valence-corrected chi connectivity index (χ2v) is 4.97. The number of aryl methyl sites for hydroxylation is 1. The molecule has 1 aromatic carbocycles. The van der Waals surface area contributed by atoms with Crippen LogP contribution in [0.5, 0.6) is 0 Å². The van der Waals surface area contributed by atoms with Crippen molar-refractivity contribution < 1.29 is 5.11 Å². The lowest BCUT2D eigenvalue weighted by Crippen LogP contribution is -2.36. The van der Waals surface area contributed by atoms with Gasteiger partial charge in [0.1, 0.15) is 0 Å². The molecule has 1 aliphatic carbocycles. The van der Waals surface area contributed by atoms with Crippen molar-refractivity contribution in [3.63, 3.8) is 0 Å². The first-order valence-electron chi connectivity index (χ1n) is 6.10. The van der Waals surface area contributed by atoms with E-state index in [9.17, 15) is 5.11 Å². The van der Waals surface area contributed by atoms with Crippen LogP contribution in [0.15, 0.2) is 24.3 Å². The lowest BCUT2D eigenvalue weighted by atomic mass is 10.1. The summed E-state index contributed by atoms with van der Waals surface area (Å²) in [4.78, 5) is 2.28. The molecule has 1 N–H and O–H groups in total. The summed E-state index contributed by atoms with van der Waals surface area (Å²) in [7, 11) is 2.11. The van der Waals surface area contributed by atoms with E-state index in [4.69, 9.17) is 0 Å². The maximum Gasteiger partial charge on any atom is 0.0695 e. The van der Waals surface area contributed by atoms with Crippen LogP contribution in [-0.2, 0) is 6.54 Å². The minimum atomic E-state index is -0.130. The molecule has 2 nitrogen and oxygen atoms in total. The van der Waals surface area contributed by atoms with Crippen molar-refractivity contribution in [1.29, 1.82) is 0 Å². The molecule has 0 unspecified atom stereocenters. The van der Waals surface area contributed by atoms with E-state index in [0.29, 0.717) is 6.04 Å². The summed E-state index contributed by atoms with van der Waals surface area (Å²) in [6.07, 6.45) is 3.12. The maximum atomic E-state index is 9.85. The molecular weight excluding hydrogens is 198 g/mol. The van der Waals surface area contributed by atoms with E-state index in [2.05, 4.69) is 43.1 Å². The summed E-state index contributed by atoms with van der Waals surface area (Å²) >= 11 is 0. The fourth-order valence-electron chi connectivity index (χ4n) is 2.65. The third-order valence-electron chi connectivity index (χ3n) is 3.52. The van der Waals surface area contributed by atoms with Crippen LogP contribution >= 0.6 is 0 Å². The molecule has 88 valence electrons. The van der Waals surface area contributed by atoms with Gasteiger partial charge >= 0.3 is 0 Å². The third kappa shape index (κ3) is 2.63. The number of nitrogens with zero attached hydrogens (tertiary/aromatic N) is 1. The number of aliphatic hydroxyl groups is 1. The molecule has 0 spiro atoms. The maximum absolute atomic E-state index is 9.85. The van der Waals surface area contributed by atoms with Crippen molar-refractivity contribution in [2.24, 2.45) is 0 Å². The van der Waals surface area contributed by atoms with Crippen LogP contribution in [-0.4, -0.2) is 29.2 Å². The van der Waals surface area contributed by atoms with Crippen LogP contribution in [0.2, 0.25) is 0 Å². The Balaban J connectivity index is 1.99. The summed E-state index contributed by atoms with van der Waals surface area (Å²) in [5.41, 5.74) is 2.64. The Morgan fingerprint density at radius 3 is 2.81 bits per heavy atom. The lowest BCUT2D eigenvalue weighted by molar-refractivity contribution is 0.0825. The van der Waals surface area contributed by atoms with Crippen LogP contribution in [0, 0.1) is 6.92 Å². The van der Waals surface area contributed by atoms with E-state index in [1.807, 2.05) is 0 Å². The molecule has 0 aliphatic heterocycles. The lowest BCUT2D eigenvalue weighted by Gasteiger charge is -2.27. The van der Waals surface area contributed by atoms with E-state index in [-0.39, 0.29) is 6.10 Å². The van der Waals surface area contributed by atoms with Gasteiger partial charge in [-0.05, 0) is 38.8 Å². The molecule has 16 heavy (non-hydrogen) atoms. The third-order valence-corrected chi connectivity index (χ3v) is 3.52. The van der Waals surface area contributed by atoms with Crippen molar-refractivity contribution in [3.05, 3.63) is 35.4 Å². The fourth-order valence-corrected chi connectivity index (χ4v) is 2.65. The monoisotopic (exact) mass is 219 g/mol. The zero-order chi connectivity index (χ0) is 11.5. The first kappa shape index (κ1) is 11.6. The smallest absolute Gasteiger partial charge is 0.0695 e. The molecule has 0 aromatic heterocycles. The molecular formula is C14H21NO. The summed E-state index contributed by atoms with van der Waals surface area (Å²) < 4.78 is 0. The number of rotatable bonds is 3. The van der Waals surface area contributed by atoms with Gasteiger partial charge in [-0.3, -0.25) is 4.90 Å². The molecule has 1 aromatic rings. The standard InChI is InChI=1S/C14H21NO/c1-11-5-3-6-12(9-11)10-15(2)13-7-4-8-14(13)16/h3,5-6,9,13-14,16H,4,7-8,10H2,1-2H3/t13-,14-/m1/s1. The number of aliphatic hydroxyl groups excluding tert-OH is 1. The summed E-state index contributed by atoms with van der Waals surface area (Å²) in [6.45, 7) is 3.05. The highest BCUT2D eigenvalue weighted by molar-refractivity contribution is 5.22. The SMILES string of the molecule is Cc1cccc(CN(C)[C@@H]2CCC[C@H]2O)c1. The largest absolute Gasteiger partial charge is 0.391 e. The second-order valence-electron chi connectivity index (χ2n) is 4.97. The van der Waals surface area contributed by atoms with Crippen LogP contribution < -0.4 is 0 Å². The molecule has 2 heteroatoms. The van der Waals surface area contributed by atoms with E-state index in [1.165, 1.54) is 11.1 Å². The highest BCUT2D eigenvalue weighted by Crippen LogP contribution is 2.24. The molecule has 1 saturated carbocycles. The van der Waals surface area contributed by atoms with Crippen LogP contribution in [0.1, 0.15) is 30.4 Å². The topological polar surface area (TPSA) is 23.5 Å². The normalized spacial score (nSPS) is 25.2. The average Bonchev–Trinajstić information content (AvgIpc) is 2.64. The van der Waals surface area contributed by atoms with Gasteiger partial charge < -0.3 is 5.11 Å². The zero-order valence-electron chi connectivity index (χ0n) is 10.2. The molecule has 0 radical (unpaired) electrons. The Hall–Kier alpha value is -0.860. The Bertz CT molecular complexity index is 350. The number of hydrogen-bond acceptors (Lipinski definition) is 2. The first-order chi connectivity index (χ1) is 7.66. The van der Waals surface area contributed by atoms with Gasteiger partial charge in [0.15, 0.2) is 0 Å². The van der Waals surface area contributed by atoms with Crippen molar-refractivity contribution in [2.75, 3.05) is 7.05 Å². The van der Waals surface area contributed by atoms with Crippen molar-refractivity contribution in [3.8, 4) is 0 Å². The van der Waals surface area contributed by atoms with Crippen LogP contribution in [0.4, 0.5) is 0 Å². The van der Waals surface area contributed by atoms with Gasteiger partial charge in [0.2, 0.25) is 0 Å². The number of benzene rings is 1. The molecule has 0 heterocycles. The summed E-state index contributed by atoms with van der Waals surface area (Å²) in [5, 5.41) is 9.85. The first-order valence-corrected chi connectivity index (χ1v) is 6.10. The zero-order valence-corrected chi connectivity index (χ0v) is 10.2. The second kappa shape index (κ2) is 4.98. The molecule has 0 amide bonds. The van der Waals surface area contributed by atoms with Gasteiger partial charge in [0, 0.05) is 12.6 Å². The Morgan fingerprint density at radius 1 is 1.38 bits per heavy atom. The van der Waals surface area contributed by atoms with Crippen molar-refractivity contribution in [2.45, 2.75) is 44.9 Å². The van der Waals surface area contributed by atoms with E-state index in [1.54, 1.807) is 0 Å². The van der Waals surface area contributed by atoms with Gasteiger partial charge in [0.05, 0.1) is 6.10 Å². The number of likely N-dealkylation sites (N-methyl/N-ethyl adjacent to an activating group) is 1. The molecule has 2 rings (SSSR count). The molecule has 1 fully saturated rings. The Morgan fingerprint density at radius 2 is 2.19 bits per heavy atom. The predicted octanol–water partition coefficient (Wildman–Crippen LogP) is 2.34. The molecule has 0 saturated heterocycles. The quantitative estimate of drug-likeness (QED) is 0.843. The fraction of sp³-hybridized carbons (Fsp3) is 0.571. The molecule has 2 atom stereocenters. The van der Waals surface area contributed by atoms with Crippen molar-refractivity contribution in [1.82, 2.24) is 4.90 Å². The Labute approximate surface area is 97.9 Å². The van der Waals surface area contributed by atoms with Crippen LogP contribution in [0.3, 0.4) is 0 Å². The highest BCUT2D eigenvalue weighted by atomic mass is 16.3. The molecule has 1 aliphatic rings.